The summed E-state index contributed by atoms with van der Waals surface area (Å²) in [6.07, 6.45) is 3.35. The molecule has 3 rings (SSSR count). The van der Waals surface area contributed by atoms with E-state index in [0.29, 0.717) is 5.69 Å². The molecule has 0 radical (unpaired) electrons. The van der Waals surface area contributed by atoms with Gasteiger partial charge < -0.3 is 15.7 Å². The molecular formula is C15H19N3O. The minimum atomic E-state index is -0.529. The van der Waals surface area contributed by atoms with E-state index in [1.807, 2.05) is 19.1 Å². The number of nitrogens with zero attached hydrogens (tertiary/aromatic N) is 2. The lowest BCUT2D eigenvalue weighted by molar-refractivity contribution is 0.0352. The zero-order chi connectivity index (χ0) is 13.5. The second kappa shape index (κ2) is 4.38. The minimum absolute atomic E-state index is 0.529. The topological polar surface area (TPSA) is 62.4 Å². The Balaban J connectivity index is 2.00. The highest BCUT2D eigenvalue weighted by Crippen LogP contribution is 2.32. The van der Waals surface area contributed by atoms with Crippen molar-refractivity contribution >= 4 is 22.3 Å². The highest BCUT2D eigenvalue weighted by Gasteiger charge is 2.28. The molecule has 0 atom stereocenters. The Bertz CT molecular complexity index is 599. The van der Waals surface area contributed by atoms with Crippen LogP contribution in [0.1, 0.15) is 19.8 Å². The van der Waals surface area contributed by atoms with Gasteiger partial charge in [0.05, 0.1) is 16.8 Å². The van der Waals surface area contributed by atoms with E-state index in [-0.39, 0.29) is 0 Å². The molecule has 19 heavy (non-hydrogen) atoms. The highest BCUT2D eigenvalue weighted by atomic mass is 16.3. The first-order chi connectivity index (χ1) is 9.07. The fourth-order valence-electron chi connectivity index (χ4n) is 2.68. The van der Waals surface area contributed by atoms with Crippen LogP contribution >= 0.6 is 0 Å². The first kappa shape index (κ1) is 12.2. The van der Waals surface area contributed by atoms with Gasteiger partial charge in [0.15, 0.2) is 0 Å². The number of aliphatic hydroxyl groups is 1. The van der Waals surface area contributed by atoms with Crippen LogP contribution in [0.4, 0.5) is 11.4 Å². The standard InChI is InChI=1S/C15H19N3O/c1-15(19)6-9-18(10-7-15)13-5-4-12(16)14-11(13)3-2-8-17-14/h2-5,8,19H,6-7,9-10,16H2,1H3. The Morgan fingerprint density at radius 3 is 2.74 bits per heavy atom. The van der Waals surface area contributed by atoms with E-state index in [9.17, 15) is 5.11 Å². The number of fused-ring (bicyclic) bond motifs is 1. The normalized spacial score (nSPS) is 18.7. The van der Waals surface area contributed by atoms with Crippen LogP contribution < -0.4 is 10.6 Å². The van der Waals surface area contributed by atoms with Crippen molar-refractivity contribution in [1.29, 1.82) is 0 Å². The van der Waals surface area contributed by atoms with E-state index in [0.717, 1.165) is 42.5 Å². The first-order valence-corrected chi connectivity index (χ1v) is 6.67. The van der Waals surface area contributed by atoms with Crippen molar-refractivity contribution in [3.05, 3.63) is 30.5 Å². The van der Waals surface area contributed by atoms with E-state index in [2.05, 4.69) is 22.0 Å². The van der Waals surface area contributed by atoms with Crippen molar-refractivity contribution in [2.24, 2.45) is 0 Å². The third kappa shape index (κ3) is 2.24. The summed E-state index contributed by atoms with van der Waals surface area (Å²) < 4.78 is 0. The summed E-state index contributed by atoms with van der Waals surface area (Å²) in [5.41, 5.74) is 8.18. The van der Waals surface area contributed by atoms with Gasteiger partial charge in [0.2, 0.25) is 0 Å². The van der Waals surface area contributed by atoms with E-state index in [1.54, 1.807) is 6.20 Å². The van der Waals surface area contributed by atoms with Crippen LogP contribution in [0, 0.1) is 0 Å². The molecule has 2 heterocycles. The van der Waals surface area contributed by atoms with Crippen LogP contribution in [0.3, 0.4) is 0 Å². The van der Waals surface area contributed by atoms with Gasteiger partial charge in [0.1, 0.15) is 0 Å². The lowest BCUT2D eigenvalue weighted by Crippen LogP contribution is -2.42. The first-order valence-electron chi connectivity index (χ1n) is 6.67. The van der Waals surface area contributed by atoms with Gasteiger partial charge in [0, 0.05) is 30.4 Å². The molecule has 1 aliphatic rings. The molecule has 100 valence electrons. The molecule has 4 nitrogen and oxygen atoms in total. The molecule has 0 bridgehead atoms. The lowest BCUT2D eigenvalue weighted by Gasteiger charge is -2.37. The van der Waals surface area contributed by atoms with Crippen LogP contribution in [0.15, 0.2) is 30.5 Å². The molecule has 1 fully saturated rings. The van der Waals surface area contributed by atoms with Crippen LogP contribution in [0.2, 0.25) is 0 Å². The van der Waals surface area contributed by atoms with E-state index < -0.39 is 5.60 Å². The maximum Gasteiger partial charge on any atom is 0.0951 e. The molecule has 1 aromatic heterocycles. The Kier molecular flexibility index (Phi) is 2.82. The van der Waals surface area contributed by atoms with Crippen molar-refractivity contribution in [3.63, 3.8) is 0 Å². The summed E-state index contributed by atoms with van der Waals surface area (Å²) in [7, 11) is 0. The molecule has 1 aliphatic heterocycles. The summed E-state index contributed by atoms with van der Waals surface area (Å²) in [6, 6.07) is 7.96. The van der Waals surface area contributed by atoms with Gasteiger partial charge in [-0.2, -0.15) is 0 Å². The monoisotopic (exact) mass is 257 g/mol. The number of nitrogen functional groups attached to an aromatic ring is 1. The van der Waals surface area contributed by atoms with Gasteiger partial charge in [-0.3, -0.25) is 4.98 Å². The maximum absolute atomic E-state index is 10.0. The summed E-state index contributed by atoms with van der Waals surface area (Å²) in [5, 5.41) is 11.1. The van der Waals surface area contributed by atoms with Crippen molar-refractivity contribution in [1.82, 2.24) is 4.98 Å². The van der Waals surface area contributed by atoms with Crippen molar-refractivity contribution in [2.45, 2.75) is 25.4 Å². The molecular weight excluding hydrogens is 238 g/mol. The van der Waals surface area contributed by atoms with Gasteiger partial charge in [-0.15, -0.1) is 0 Å². The van der Waals surface area contributed by atoms with Crippen LogP contribution in [0.25, 0.3) is 10.9 Å². The fraction of sp³-hybridized carbons (Fsp3) is 0.400. The average molecular weight is 257 g/mol. The molecule has 1 aromatic carbocycles. The van der Waals surface area contributed by atoms with Crippen LogP contribution in [0.5, 0.6) is 0 Å². The third-order valence-electron chi connectivity index (χ3n) is 3.96. The zero-order valence-corrected chi connectivity index (χ0v) is 11.1. The molecule has 2 aromatic rings. The molecule has 1 saturated heterocycles. The summed E-state index contributed by atoms with van der Waals surface area (Å²) in [5.74, 6) is 0. The second-order valence-corrected chi connectivity index (χ2v) is 5.56. The highest BCUT2D eigenvalue weighted by molar-refractivity contribution is 5.98. The number of hydrogen-bond acceptors (Lipinski definition) is 4. The van der Waals surface area contributed by atoms with Crippen LogP contribution in [-0.4, -0.2) is 28.8 Å². The third-order valence-corrected chi connectivity index (χ3v) is 3.96. The zero-order valence-electron chi connectivity index (χ0n) is 11.1. The largest absolute Gasteiger partial charge is 0.397 e. The summed E-state index contributed by atoms with van der Waals surface area (Å²) >= 11 is 0. The predicted molar refractivity (Wildman–Crippen MR) is 78.2 cm³/mol. The molecule has 0 unspecified atom stereocenters. The molecule has 0 amide bonds. The number of anilines is 2. The number of pyridine rings is 1. The Labute approximate surface area is 112 Å². The summed E-state index contributed by atoms with van der Waals surface area (Å²) in [4.78, 5) is 6.67. The SMILES string of the molecule is CC1(O)CCN(c2ccc(N)c3ncccc23)CC1. The van der Waals surface area contributed by atoms with E-state index in [1.165, 1.54) is 0 Å². The molecule has 4 heteroatoms. The minimum Gasteiger partial charge on any atom is -0.397 e. The molecule has 3 N–H and O–H groups in total. The Morgan fingerprint density at radius 2 is 2.00 bits per heavy atom. The number of hydrogen-bond donors (Lipinski definition) is 2. The molecule has 0 saturated carbocycles. The number of nitrogens with two attached hydrogens (primary N) is 1. The smallest absolute Gasteiger partial charge is 0.0951 e. The van der Waals surface area contributed by atoms with Crippen LogP contribution in [-0.2, 0) is 0 Å². The van der Waals surface area contributed by atoms with Crippen molar-refractivity contribution in [3.8, 4) is 0 Å². The van der Waals surface area contributed by atoms with E-state index in [4.69, 9.17) is 5.73 Å². The maximum atomic E-state index is 10.0. The van der Waals surface area contributed by atoms with Gasteiger partial charge >= 0.3 is 0 Å². The quantitative estimate of drug-likeness (QED) is 0.769. The number of aromatic nitrogens is 1. The lowest BCUT2D eigenvalue weighted by atomic mass is 9.93. The van der Waals surface area contributed by atoms with Gasteiger partial charge in [-0.25, -0.2) is 0 Å². The number of benzene rings is 1. The number of piperidine rings is 1. The van der Waals surface area contributed by atoms with Gasteiger partial charge in [0.25, 0.3) is 0 Å². The second-order valence-electron chi connectivity index (χ2n) is 5.56. The average Bonchev–Trinajstić information content (AvgIpc) is 2.40. The Hall–Kier alpha value is -1.81. The Morgan fingerprint density at radius 1 is 1.26 bits per heavy atom. The number of rotatable bonds is 1. The predicted octanol–water partition coefficient (Wildman–Crippen LogP) is 2.17. The van der Waals surface area contributed by atoms with E-state index >= 15 is 0 Å². The van der Waals surface area contributed by atoms with Gasteiger partial charge in [-0.1, -0.05) is 0 Å². The van der Waals surface area contributed by atoms with Crippen molar-refractivity contribution in [2.75, 3.05) is 23.7 Å². The summed E-state index contributed by atoms with van der Waals surface area (Å²) in [6.45, 7) is 3.63. The fourth-order valence-corrected chi connectivity index (χ4v) is 2.68. The van der Waals surface area contributed by atoms with Gasteiger partial charge in [-0.05, 0) is 44.0 Å². The molecule has 0 aliphatic carbocycles. The van der Waals surface area contributed by atoms with Crippen molar-refractivity contribution < 1.29 is 5.11 Å². The molecule has 0 spiro atoms.